The van der Waals surface area contributed by atoms with Gasteiger partial charge >= 0.3 is 21.3 Å². The van der Waals surface area contributed by atoms with Crippen molar-refractivity contribution in [2.75, 3.05) is 13.2 Å². The number of aliphatic hydroxyl groups is 5. The average molecular weight is 623 g/mol. The van der Waals surface area contributed by atoms with Crippen molar-refractivity contribution < 1.29 is 67.3 Å². The molecule has 3 heterocycles. The quantitative estimate of drug-likeness (QED) is 0.112. The van der Waals surface area contributed by atoms with Crippen molar-refractivity contribution in [3.8, 4) is 0 Å². The predicted octanol–water partition coefficient (Wildman–Crippen LogP) is -3.93. The molecule has 0 radical (unpaired) electrons. The highest BCUT2D eigenvalue weighted by atomic mass is 32.2. The van der Waals surface area contributed by atoms with Crippen molar-refractivity contribution in [2.24, 2.45) is 0 Å². The van der Waals surface area contributed by atoms with E-state index >= 15 is 0 Å². The second-order valence-corrected chi connectivity index (χ2v) is 12.8. The van der Waals surface area contributed by atoms with Gasteiger partial charge < -0.3 is 45.4 Å². The predicted molar refractivity (Wildman–Crippen MR) is 127 cm³/mol. The van der Waals surface area contributed by atoms with Crippen LogP contribution in [-0.2, 0) is 32.0 Å². The molecule has 0 saturated carbocycles. The number of carbonyl (C=O) groups is 1. The third kappa shape index (κ3) is 7.84. The van der Waals surface area contributed by atoms with E-state index < -0.39 is 99.5 Å². The first-order valence-electron chi connectivity index (χ1n) is 11.0. The maximum Gasteiger partial charge on any atom is 0.482 e. The molecule has 2 aliphatic heterocycles. The summed E-state index contributed by atoms with van der Waals surface area (Å²) < 4.78 is 44.5. The molecule has 0 bridgehead atoms. The number of nitrogens with one attached hydrogen (secondary N) is 2. The molecule has 2 fully saturated rings. The highest BCUT2D eigenvalue weighted by Crippen LogP contribution is 2.62. The smallest absolute Gasteiger partial charge is 0.395 e. The van der Waals surface area contributed by atoms with Gasteiger partial charge in [-0.05, 0) is 0 Å². The van der Waals surface area contributed by atoms with Gasteiger partial charge in [-0.25, -0.2) is 13.9 Å². The summed E-state index contributed by atoms with van der Waals surface area (Å²) in [7, 11) is -11.0. The average Bonchev–Trinajstić information content (AvgIpc) is 3.10. The second-order valence-electron chi connectivity index (χ2n) is 8.42. The molecular formula is C17H27N3O16P2S. The number of hydrogen-bond acceptors (Lipinski definition) is 15. The van der Waals surface area contributed by atoms with Gasteiger partial charge in [-0.1, -0.05) is 0 Å². The number of carbonyl (C=O) groups excluding carboxylic acids is 1. The van der Waals surface area contributed by atoms with Crippen LogP contribution in [0.3, 0.4) is 0 Å². The van der Waals surface area contributed by atoms with Crippen LogP contribution >= 0.6 is 27.4 Å². The number of aromatic nitrogens is 2. The number of thioether (sulfide) groups is 1. The van der Waals surface area contributed by atoms with E-state index in [1.165, 1.54) is 0 Å². The fourth-order valence-electron chi connectivity index (χ4n) is 3.76. The zero-order valence-electron chi connectivity index (χ0n) is 19.8. The van der Waals surface area contributed by atoms with Crippen molar-refractivity contribution in [1.29, 1.82) is 0 Å². The molecule has 2 aliphatic rings. The Balaban J connectivity index is 1.66. The molecule has 1 aromatic heterocycles. The van der Waals surface area contributed by atoms with Gasteiger partial charge in [-0.15, -0.1) is 11.8 Å². The molecule has 0 spiro atoms. The van der Waals surface area contributed by atoms with Crippen molar-refractivity contribution in [3.63, 3.8) is 0 Å². The van der Waals surface area contributed by atoms with Crippen LogP contribution in [0.4, 0.5) is 0 Å². The Morgan fingerprint density at radius 2 is 1.79 bits per heavy atom. The Kier molecular flexibility index (Phi) is 10.3. The van der Waals surface area contributed by atoms with Gasteiger partial charge in [0.1, 0.15) is 29.9 Å². The summed E-state index contributed by atoms with van der Waals surface area (Å²) in [5, 5.41) is 51.2. The second kappa shape index (κ2) is 12.6. The Labute approximate surface area is 222 Å². The van der Waals surface area contributed by atoms with Crippen molar-refractivity contribution >= 4 is 33.3 Å². The number of rotatable bonds is 10. The fourth-order valence-corrected chi connectivity index (χ4v) is 7.55. The SMILES string of the molecule is CC(=O)N[C@@H]1[C@@H](O)[C@@H](O)[C@@H](CO)S[C@@H]1OP(=O)(O)OP(=O)(O)OC[C@H]1O[C@@H](n2ccc(=O)[nH]c2=O)[C@H](O)[C@@H]1O. The van der Waals surface area contributed by atoms with E-state index in [1.54, 1.807) is 0 Å². The lowest BCUT2D eigenvalue weighted by Gasteiger charge is -2.41. The van der Waals surface area contributed by atoms with E-state index in [2.05, 4.69) is 14.2 Å². The van der Waals surface area contributed by atoms with Crippen LogP contribution in [0, 0.1) is 0 Å². The summed E-state index contributed by atoms with van der Waals surface area (Å²) in [5.74, 6) is -0.729. The molecule has 0 aliphatic carbocycles. The van der Waals surface area contributed by atoms with Gasteiger partial charge in [0.2, 0.25) is 5.91 Å². The number of phosphoric ester groups is 2. The minimum absolute atomic E-state index is 0.529. The molecule has 39 heavy (non-hydrogen) atoms. The third-order valence-corrected chi connectivity index (χ3v) is 9.76. The van der Waals surface area contributed by atoms with Gasteiger partial charge in [-0.2, -0.15) is 4.31 Å². The number of amides is 1. The lowest BCUT2D eigenvalue weighted by molar-refractivity contribution is -0.122. The topological polar surface area (TPSA) is 297 Å². The standard InChI is InChI=1S/C17H27N3O16P2S/c1-6(22)18-10-13(26)12(25)8(4-21)39-16(10)35-38(31,32)36-37(29,30)33-5-7-11(24)14(27)15(34-7)20-3-2-9(23)19-17(20)28/h2-3,7-8,10-16,21,24-27H,4-5H2,1H3,(H,18,22)(H,29,30)(H,31,32)(H,19,23,28)/t7-,8-,10-,11-,12+,13-,14-,15-,16+/m1/s1. The van der Waals surface area contributed by atoms with E-state index in [1.807, 2.05) is 4.98 Å². The highest BCUT2D eigenvalue weighted by molar-refractivity contribution is 8.00. The maximum absolute atomic E-state index is 12.5. The van der Waals surface area contributed by atoms with Crippen LogP contribution < -0.4 is 16.6 Å². The Morgan fingerprint density at radius 3 is 2.38 bits per heavy atom. The third-order valence-electron chi connectivity index (χ3n) is 5.56. The number of nitrogens with zero attached hydrogens (tertiary/aromatic N) is 1. The van der Waals surface area contributed by atoms with E-state index in [4.69, 9.17) is 9.26 Å². The highest BCUT2D eigenvalue weighted by Gasteiger charge is 2.50. The number of hydrogen-bond donors (Lipinski definition) is 9. The molecule has 19 nitrogen and oxygen atoms in total. The number of ether oxygens (including phenoxy) is 1. The monoisotopic (exact) mass is 623 g/mol. The first-order valence-corrected chi connectivity index (χ1v) is 14.9. The van der Waals surface area contributed by atoms with Gasteiger partial charge in [0, 0.05) is 19.2 Å². The molecule has 9 N–H and O–H groups in total. The summed E-state index contributed by atoms with van der Waals surface area (Å²) in [6.07, 6.45) is -9.03. The van der Waals surface area contributed by atoms with Crippen molar-refractivity contribution in [3.05, 3.63) is 33.1 Å². The van der Waals surface area contributed by atoms with Crippen LogP contribution in [0.5, 0.6) is 0 Å². The summed E-state index contributed by atoms with van der Waals surface area (Å²) in [4.78, 5) is 56.6. The van der Waals surface area contributed by atoms with Crippen LogP contribution in [0.25, 0.3) is 0 Å². The van der Waals surface area contributed by atoms with Crippen molar-refractivity contribution in [2.45, 2.75) is 60.4 Å². The molecule has 3 rings (SSSR count). The molecule has 1 aromatic rings. The lowest BCUT2D eigenvalue weighted by atomic mass is 10.0. The van der Waals surface area contributed by atoms with Crippen molar-refractivity contribution in [1.82, 2.24) is 14.9 Å². The molecule has 2 unspecified atom stereocenters. The Hall–Kier alpha value is -1.48. The largest absolute Gasteiger partial charge is 0.482 e. The van der Waals surface area contributed by atoms with Crippen LogP contribution in [0.1, 0.15) is 13.2 Å². The summed E-state index contributed by atoms with van der Waals surface area (Å²) >= 11 is 0.529. The van der Waals surface area contributed by atoms with Gasteiger partial charge in [0.05, 0.1) is 30.6 Å². The number of phosphoric acid groups is 2. The Morgan fingerprint density at radius 1 is 1.13 bits per heavy atom. The molecule has 222 valence electrons. The van der Waals surface area contributed by atoms with E-state index in [-0.39, 0.29) is 0 Å². The zero-order valence-corrected chi connectivity index (χ0v) is 22.4. The molecule has 11 atom stereocenters. The first-order chi connectivity index (χ1) is 18.0. The van der Waals surface area contributed by atoms with E-state index in [0.29, 0.717) is 11.8 Å². The molecular weight excluding hydrogens is 596 g/mol. The molecule has 0 aromatic carbocycles. The normalized spacial score (nSPS) is 36.2. The summed E-state index contributed by atoms with van der Waals surface area (Å²) in [5.41, 5.74) is -3.40. The molecule has 2 saturated heterocycles. The van der Waals surface area contributed by atoms with E-state index in [9.17, 15) is 58.8 Å². The minimum Gasteiger partial charge on any atom is -0.395 e. The van der Waals surface area contributed by atoms with Crippen LogP contribution in [-0.4, -0.2) is 111 Å². The van der Waals surface area contributed by atoms with Gasteiger partial charge in [0.25, 0.3) is 5.56 Å². The Bertz CT molecular complexity index is 1240. The van der Waals surface area contributed by atoms with Gasteiger partial charge in [-0.3, -0.25) is 28.2 Å². The number of H-pyrrole nitrogens is 1. The number of aliphatic hydroxyl groups excluding tert-OH is 5. The van der Waals surface area contributed by atoms with E-state index in [0.717, 1.165) is 23.8 Å². The lowest BCUT2D eigenvalue weighted by Crippen LogP contribution is -2.60. The minimum atomic E-state index is -5.52. The summed E-state index contributed by atoms with van der Waals surface area (Å²) in [6.45, 7) is -0.682. The van der Waals surface area contributed by atoms with Crippen LogP contribution in [0.2, 0.25) is 0 Å². The molecule has 1 amide bonds. The van der Waals surface area contributed by atoms with Gasteiger partial charge in [0.15, 0.2) is 6.23 Å². The first kappa shape index (κ1) is 32.0. The molecule has 22 heteroatoms. The zero-order chi connectivity index (χ0) is 29.3. The number of aromatic amines is 1. The summed E-state index contributed by atoms with van der Waals surface area (Å²) in [6, 6.07) is -0.573. The maximum atomic E-state index is 12.5. The van der Waals surface area contributed by atoms with Crippen LogP contribution in [0.15, 0.2) is 21.9 Å². The fraction of sp³-hybridized carbons (Fsp3) is 0.706.